The van der Waals surface area contributed by atoms with E-state index in [1.807, 2.05) is 37.3 Å². The van der Waals surface area contributed by atoms with Gasteiger partial charge in [0.15, 0.2) is 12.4 Å². The van der Waals surface area contributed by atoms with E-state index < -0.39 is 0 Å². The number of benzene rings is 2. The molecule has 0 heterocycles. The summed E-state index contributed by atoms with van der Waals surface area (Å²) in [6.07, 6.45) is 0. The second-order valence-electron chi connectivity index (χ2n) is 5.04. The van der Waals surface area contributed by atoms with Crippen LogP contribution in [0.3, 0.4) is 0 Å². The molecule has 1 N–H and O–H groups in total. The average Bonchev–Trinajstić information content (AvgIpc) is 2.54. The Kier molecular flexibility index (Phi) is 5.31. The highest BCUT2D eigenvalue weighted by Crippen LogP contribution is 2.18. The van der Waals surface area contributed by atoms with Gasteiger partial charge in [0.05, 0.1) is 11.6 Å². The molecule has 0 fully saturated rings. The maximum Gasteiger partial charge on any atom is 0.258 e. The van der Waals surface area contributed by atoms with Gasteiger partial charge >= 0.3 is 0 Å². The van der Waals surface area contributed by atoms with E-state index in [1.165, 1.54) is 6.92 Å². The van der Waals surface area contributed by atoms with E-state index in [1.54, 1.807) is 24.3 Å². The summed E-state index contributed by atoms with van der Waals surface area (Å²) in [6.45, 7) is 3.26. The van der Waals surface area contributed by atoms with Crippen molar-refractivity contribution in [2.45, 2.75) is 19.9 Å². The molecule has 0 spiro atoms. The van der Waals surface area contributed by atoms with Crippen LogP contribution < -0.4 is 10.1 Å². The van der Waals surface area contributed by atoms with Gasteiger partial charge in [0.1, 0.15) is 5.75 Å². The van der Waals surface area contributed by atoms with Crippen LogP contribution in [0, 0.1) is 0 Å². The second kappa shape index (κ2) is 7.41. The highest BCUT2D eigenvalue weighted by atomic mass is 16.5. The van der Waals surface area contributed by atoms with E-state index in [9.17, 15) is 9.59 Å². The molecule has 2 rings (SSSR count). The molecule has 0 aliphatic carbocycles. The molecule has 0 radical (unpaired) electrons. The summed E-state index contributed by atoms with van der Waals surface area (Å²) in [7, 11) is 0. The third-order valence-corrected chi connectivity index (χ3v) is 3.30. The summed E-state index contributed by atoms with van der Waals surface area (Å²) in [6, 6.07) is 16.5. The van der Waals surface area contributed by atoms with Crippen molar-refractivity contribution in [3.63, 3.8) is 0 Å². The Morgan fingerprint density at radius 1 is 1.05 bits per heavy atom. The quantitative estimate of drug-likeness (QED) is 0.833. The molecule has 2 aromatic rings. The van der Waals surface area contributed by atoms with Gasteiger partial charge < -0.3 is 10.1 Å². The van der Waals surface area contributed by atoms with Gasteiger partial charge in [0.25, 0.3) is 5.91 Å². The lowest BCUT2D eigenvalue weighted by Crippen LogP contribution is -2.31. The Balaban J connectivity index is 1.92. The molecule has 0 bridgehead atoms. The first-order valence-corrected chi connectivity index (χ1v) is 7.15. The SMILES string of the molecule is CC(=O)c1ccccc1OCC(=O)NC(C)c1ccccc1. The zero-order chi connectivity index (χ0) is 15.9. The molecule has 4 nitrogen and oxygen atoms in total. The fraction of sp³-hybridized carbons (Fsp3) is 0.222. The molecule has 22 heavy (non-hydrogen) atoms. The first kappa shape index (κ1) is 15.8. The van der Waals surface area contributed by atoms with Gasteiger partial charge in [-0.2, -0.15) is 0 Å². The van der Waals surface area contributed by atoms with E-state index in [0.717, 1.165) is 5.56 Å². The number of hydrogen-bond acceptors (Lipinski definition) is 3. The van der Waals surface area contributed by atoms with Gasteiger partial charge in [-0.3, -0.25) is 9.59 Å². The third-order valence-electron chi connectivity index (χ3n) is 3.30. The molecule has 0 aromatic heterocycles. The van der Waals surface area contributed by atoms with Crippen LogP contribution in [0.2, 0.25) is 0 Å². The maximum absolute atomic E-state index is 12.0. The van der Waals surface area contributed by atoms with Gasteiger partial charge in [-0.15, -0.1) is 0 Å². The van der Waals surface area contributed by atoms with Crippen molar-refractivity contribution in [3.8, 4) is 5.75 Å². The Morgan fingerprint density at radius 2 is 1.68 bits per heavy atom. The van der Waals surface area contributed by atoms with Crippen molar-refractivity contribution < 1.29 is 14.3 Å². The van der Waals surface area contributed by atoms with Crippen molar-refractivity contribution in [2.24, 2.45) is 0 Å². The maximum atomic E-state index is 12.0. The number of nitrogens with one attached hydrogen (secondary N) is 1. The predicted octanol–water partition coefficient (Wildman–Crippen LogP) is 3.15. The number of hydrogen-bond donors (Lipinski definition) is 1. The van der Waals surface area contributed by atoms with Crippen LogP contribution in [0.25, 0.3) is 0 Å². The number of ketones is 1. The third kappa shape index (κ3) is 4.19. The van der Waals surface area contributed by atoms with Crippen molar-refractivity contribution >= 4 is 11.7 Å². The Labute approximate surface area is 130 Å². The van der Waals surface area contributed by atoms with E-state index in [2.05, 4.69) is 5.32 Å². The molecular weight excluding hydrogens is 278 g/mol. The van der Waals surface area contributed by atoms with Crippen LogP contribution in [-0.4, -0.2) is 18.3 Å². The summed E-state index contributed by atoms with van der Waals surface area (Å²) in [5.74, 6) is 0.112. The van der Waals surface area contributed by atoms with E-state index in [0.29, 0.717) is 11.3 Å². The molecule has 1 atom stereocenters. The Bertz CT molecular complexity index is 652. The molecule has 0 saturated carbocycles. The van der Waals surface area contributed by atoms with E-state index in [-0.39, 0.29) is 24.3 Å². The number of carbonyl (C=O) groups excluding carboxylic acids is 2. The fourth-order valence-corrected chi connectivity index (χ4v) is 2.13. The Hall–Kier alpha value is -2.62. The number of para-hydroxylation sites is 1. The van der Waals surface area contributed by atoms with Gasteiger partial charge in [-0.25, -0.2) is 0 Å². The standard InChI is InChI=1S/C18H19NO3/c1-13(15-8-4-3-5-9-15)19-18(21)12-22-17-11-7-6-10-16(17)14(2)20/h3-11,13H,12H2,1-2H3,(H,19,21). The molecule has 1 amide bonds. The first-order valence-electron chi connectivity index (χ1n) is 7.15. The number of Topliss-reactive ketones (excluding diaryl/α,β-unsaturated/α-hetero) is 1. The van der Waals surface area contributed by atoms with Crippen LogP contribution in [0.15, 0.2) is 54.6 Å². The lowest BCUT2D eigenvalue weighted by molar-refractivity contribution is -0.123. The van der Waals surface area contributed by atoms with E-state index >= 15 is 0 Å². The van der Waals surface area contributed by atoms with Crippen molar-refractivity contribution in [1.29, 1.82) is 0 Å². The summed E-state index contributed by atoms with van der Waals surface area (Å²) >= 11 is 0. The summed E-state index contributed by atoms with van der Waals surface area (Å²) < 4.78 is 5.46. The normalized spacial score (nSPS) is 11.5. The molecule has 1 unspecified atom stereocenters. The minimum atomic E-state index is -0.227. The minimum Gasteiger partial charge on any atom is -0.483 e. The molecule has 4 heteroatoms. The molecule has 114 valence electrons. The number of ether oxygens (including phenoxy) is 1. The van der Waals surface area contributed by atoms with Crippen LogP contribution in [0.5, 0.6) is 5.75 Å². The van der Waals surface area contributed by atoms with Gasteiger partial charge in [-0.05, 0) is 31.5 Å². The monoisotopic (exact) mass is 297 g/mol. The smallest absolute Gasteiger partial charge is 0.258 e. The zero-order valence-corrected chi connectivity index (χ0v) is 12.7. The minimum absolute atomic E-state index is 0.0892. The van der Waals surface area contributed by atoms with Crippen molar-refractivity contribution in [3.05, 3.63) is 65.7 Å². The highest BCUT2D eigenvalue weighted by molar-refractivity contribution is 5.96. The summed E-state index contributed by atoms with van der Waals surface area (Å²) in [4.78, 5) is 23.5. The average molecular weight is 297 g/mol. The lowest BCUT2D eigenvalue weighted by atomic mass is 10.1. The van der Waals surface area contributed by atoms with E-state index in [4.69, 9.17) is 4.74 Å². The first-order chi connectivity index (χ1) is 10.6. The van der Waals surface area contributed by atoms with Crippen LogP contribution in [0.4, 0.5) is 0 Å². The molecule has 0 aliphatic heterocycles. The molecular formula is C18H19NO3. The topological polar surface area (TPSA) is 55.4 Å². The Morgan fingerprint density at radius 3 is 2.36 bits per heavy atom. The van der Waals surface area contributed by atoms with Crippen LogP contribution >= 0.6 is 0 Å². The van der Waals surface area contributed by atoms with Gasteiger partial charge in [0, 0.05) is 0 Å². The van der Waals surface area contributed by atoms with Crippen molar-refractivity contribution in [1.82, 2.24) is 5.32 Å². The second-order valence-corrected chi connectivity index (χ2v) is 5.04. The number of rotatable bonds is 6. The van der Waals surface area contributed by atoms with Crippen LogP contribution in [-0.2, 0) is 4.79 Å². The molecule has 2 aromatic carbocycles. The predicted molar refractivity (Wildman–Crippen MR) is 84.9 cm³/mol. The number of amides is 1. The number of carbonyl (C=O) groups is 2. The van der Waals surface area contributed by atoms with Gasteiger partial charge in [-0.1, -0.05) is 42.5 Å². The van der Waals surface area contributed by atoms with Crippen molar-refractivity contribution in [2.75, 3.05) is 6.61 Å². The summed E-state index contributed by atoms with van der Waals surface area (Å²) in [5.41, 5.74) is 1.51. The summed E-state index contributed by atoms with van der Waals surface area (Å²) in [5, 5.41) is 2.87. The van der Waals surface area contributed by atoms with Crippen LogP contribution in [0.1, 0.15) is 35.8 Å². The lowest BCUT2D eigenvalue weighted by Gasteiger charge is -2.15. The fourth-order valence-electron chi connectivity index (χ4n) is 2.13. The highest BCUT2D eigenvalue weighted by Gasteiger charge is 2.12. The molecule has 0 aliphatic rings. The largest absolute Gasteiger partial charge is 0.483 e. The van der Waals surface area contributed by atoms with Gasteiger partial charge in [0.2, 0.25) is 0 Å². The zero-order valence-electron chi connectivity index (χ0n) is 12.7. The molecule has 0 saturated heterocycles.